The Morgan fingerprint density at radius 1 is 0.191 bits per heavy atom. The highest BCUT2D eigenvalue weighted by Gasteiger charge is 2.31. The smallest absolute Gasteiger partial charge is 0.216 e. The summed E-state index contributed by atoms with van der Waals surface area (Å²) < 4.78 is 43.8. The first-order chi connectivity index (χ1) is 65.6. The summed E-state index contributed by atoms with van der Waals surface area (Å²) >= 11 is 0. The van der Waals surface area contributed by atoms with E-state index in [0.29, 0.717) is 0 Å². The molecule has 0 spiro atoms. The maximum absolute atomic E-state index is 6.59. The van der Waals surface area contributed by atoms with Gasteiger partial charge in [-0.05, 0) is 220 Å². The van der Waals surface area contributed by atoms with Crippen LogP contribution in [0.1, 0.15) is 93.1 Å². The number of benzene rings is 15. The highest BCUT2D eigenvalue weighted by molar-refractivity contribution is 6.23. The van der Waals surface area contributed by atoms with Gasteiger partial charge in [-0.1, -0.05) is 215 Å². The quantitative estimate of drug-likeness (QED) is 0.160. The molecule has 10 aromatic heterocycles. The molecule has 0 aliphatic carbocycles. The number of nitrogens with zero attached hydrogens (tertiary/aromatic N) is 5. The van der Waals surface area contributed by atoms with Crippen molar-refractivity contribution in [2.75, 3.05) is 0 Å². The van der Waals surface area contributed by atoms with Crippen LogP contribution in [0, 0.1) is 83.1 Å². The number of aryl methyl sites for hydroxylation is 17. The van der Waals surface area contributed by atoms with Crippen LogP contribution in [0.4, 0.5) is 0 Å². The summed E-state index contributed by atoms with van der Waals surface area (Å²) in [6.07, 6.45) is 10.8. The van der Waals surface area contributed by atoms with Crippen LogP contribution in [0.5, 0.6) is 0 Å². The lowest BCUT2D eigenvalue weighted by molar-refractivity contribution is -0.661. The van der Waals surface area contributed by atoms with Crippen molar-refractivity contribution >= 4 is 164 Å². The molecule has 0 unspecified atom stereocenters. The molecule has 0 aliphatic heterocycles. The number of hydrogen-bond donors (Lipinski definition) is 0. The van der Waals surface area contributed by atoms with Crippen molar-refractivity contribution in [1.82, 2.24) is 0 Å². The summed E-state index contributed by atoms with van der Waals surface area (Å²) in [4.78, 5) is 0. The molecule has 0 N–H and O–H groups in total. The topological polar surface area (TPSA) is 85.1 Å². The molecule has 0 saturated carbocycles. The van der Waals surface area contributed by atoms with Gasteiger partial charge in [-0.25, -0.2) is 22.8 Å². The van der Waals surface area contributed by atoms with Crippen molar-refractivity contribution in [2.24, 2.45) is 35.2 Å². The molecule has 0 radical (unpaired) electrons. The minimum Gasteiger partial charge on any atom is -0.454 e. The van der Waals surface area contributed by atoms with Crippen molar-refractivity contribution in [2.45, 2.75) is 109 Å². The Morgan fingerprint density at radius 2 is 0.507 bits per heavy atom. The monoisotopic (exact) mass is 1770 g/mol. The molecule has 666 valence electrons. The van der Waals surface area contributed by atoms with E-state index >= 15 is 0 Å². The van der Waals surface area contributed by atoms with E-state index in [9.17, 15) is 0 Å². The van der Waals surface area contributed by atoms with E-state index in [4.69, 9.17) is 22.1 Å². The molecule has 25 aromatic rings. The van der Waals surface area contributed by atoms with E-state index in [2.05, 4.69) is 478 Å². The lowest BCUT2D eigenvalue weighted by atomic mass is 9.88. The molecule has 0 bridgehead atoms. The minimum absolute atomic E-state index is 0.121. The van der Waals surface area contributed by atoms with Crippen molar-refractivity contribution < 1.29 is 44.9 Å². The second-order valence-corrected chi connectivity index (χ2v) is 38.8. The highest BCUT2D eigenvalue weighted by atomic mass is 16.3. The number of rotatable bonds is 5. The summed E-state index contributed by atoms with van der Waals surface area (Å²) in [7, 11) is 10.5. The normalized spacial score (nSPS) is 11.8. The van der Waals surface area contributed by atoms with Crippen molar-refractivity contribution in [1.29, 1.82) is 0 Å². The Morgan fingerprint density at radius 3 is 0.912 bits per heavy atom. The summed E-state index contributed by atoms with van der Waals surface area (Å²) in [5, 5.41) is 23.8. The molecular weight excluding hydrogens is 1660 g/mol. The average Bonchev–Trinajstić information content (AvgIpc) is 1.69. The third-order valence-corrected chi connectivity index (χ3v) is 28.2. The van der Waals surface area contributed by atoms with E-state index in [-0.39, 0.29) is 5.41 Å². The fourth-order valence-electron chi connectivity index (χ4n) is 21.2. The van der Waals surface area contributed by atoms with E-state index in [0.717, 1.165) is 61.2 Å². The van der Waals surface area contributed by atoms with Gasteiger partial charge in [0.25, 0.3) is 0 Å². The predicted molar refractivity (Wildman–Crippen MR) is 565 cm³/mol. The van der Waals surface area contributed by atoms with E-state index < -0.39 is 0 Å². The van der Waals surface area contributed by atoms with Gasteiger partial charge in [0.2, 0.25) is 28.5 Å². The Balaban J connectivity index is 0.000000102. The van der Waals surface area contributed by atoms with Crippen LogP contribution in [-0.4, -0.2) is 0 Å². The SMILES string of the molecule is Cc1cc(-c2c(C)ccc3c2oc2c4ccccc4ccc32)[n+](C)cc1C.Cc1cc(C)c2c(oc3c4ccccc4ccc32)c1-c1cccc[n+]1C.Cc1cc[n+](C)c(-c2c(C)cc(C)c3c2oc2c4ccccc4ccc23)c1.Cc1ccc(-c2c(C)cc(C)c3c2oc2c4ccccc4ccc23)[n+](C)c1.Cc1ccc2c(oc3c4ccccc4ccc23)c1-c1ccc(C(C)(C)C)c[n+]1C. The Hall–Kier alpha value is -15.7. The van der Waals surface area contributed by atoms with E-state index in [1.807, 2.05) is 0 Å². The largest absolute Gasteiger partial charge is 0.454 e. The molecule has 136 heavy (non-hydrogen) atoms. The molecule has 0 saturated heterocycles. The third kappa shape index (κ3) is 14.9. The maximum Gasteiger partial charge on any atom is 0.216 e. The van der Waals surface area contributed by atoms with Gasteiger partial charge in [0, 0.05) is 140 Å². The Bertz CT molecular complexity index is 9260. The van der Waals surface area contributed by atoms with E-state index in [1.54, 1.807) is 0 Å². The average molecular weight is 1780 g/mol. The van der Waals surface area contributed by atoms with Crippen LogP contribution >= 0.6 is 0 Å². The van der Waals surface area contributed by atoms with Gasteiger partial charge in [0.15, 0.2) is 31.0 Å². The summed E-state index contributed by atoms with van der Waals surface area (Å²) in [5.41, 5.74) is 38.0. The molecule has 10 heteroatoms. The fraction of sp³-hybridized carbons (Fsp3) is 0.167. The van der Waals surface area contributed by atoms with Crippen LogP contribution in [0.3, 0.4) is 0 Å². The number of aromatic nitrogens is 5. The number of hydrogen-bond acceptors (Lipinski definition) is 5. The molecule has 10 heterocycles. The number of fused-ring (bicyclic) bond motifs is 25. The van der Waals surface area contributed by atoms with Gasteiger partial charge >= 0.3 is 0 Å². The molecule has 15 aromatic carbocycles. The Kier molecular flexibility index (Phi) is 21.8. The minimum atomic E-state index is 0.121. The van der Waals surface area contributed by atoms with Gasteiger partial charge in [0.05, 0.1) is 27.8 Å². The zero-order valence-corrected chi connectivity index (χ0v) is 81.3. The first-order valence-electron chi connectivity index (χ1n) is 47.2. The van der Waals surface area contributed by atoms with Crippen LogP contribution < -0.4 is 22.8 Å². The zero-order valence-electron chi connectivity index (χ0n) is 81.3. The van der Waals surface area contributed by atoms with Crippen LogP contribution in [0.15, 0.2) is 338 Å². The van der Waals surface area contributed by atoms with Crippen molar-refractivity contribution in [3.8, 4) is 56.3 Å². The summed E-state index contributed by atoms with van der Waals surface area (Å²) in [5.74, 6) is 0. The van der Waals surface area contributed by atoms with Gasteiger partial charge in [-0.3, -0.25) is 0 Å². The fourth-order valence-corrected chi connectivity index (χ4v) is 21.2. The zero-order chi connectivity index (χ0) is 94.3. The molecule has 10 nitrogen and oxygen atoms in total. The maximum atomic E-state index is 6.59. The van der Waals surface area contributed by atoms with Crippen LogP contribution in [0.2, 0.25) is 0 Å². The van der Waals surface area contributed by atoms with Gasteiger partial charge < -0.3 is 22.1 Å². The lowest BCUT2D eigenvalue weighted by Gasteiger charge is -2.17. The molecule has 0 fully saturated rings. The molecular formula is C126H112N5O5+5. The van der Waals surface area contributed by atoms with Crippen molar-refractivity contribution in [3.05, 3.63) is 388 Å². The lowest BCUT2D eigenvalue weighted by Crippen LogP contribution is -2.33. The Labute approximate surface area is 792 Å². The van der Waals surface area contributed by atoms with E-state index in [1.165, 1.54) is 231 Å². The number of furan rings is 5. The first-order valence-corrected chi connectivity index (χ1v) is 47.2. The van der Waals surface area contributed by atoms with Gasteiger partial charge in [-0.15, -0.1) is 0 Å². The second kappa shape index (κ2) is 34.1. The van der Waals surface area contributed by atoms with Crippen LogP contribution in [0.25, 0.3) is 220 Å². The summed E-state index contributed by atoms with van der Waals surface area (Å²) in [6, 6.07) is 101. The second-order valence-electron chi connectivity index (χ2n) is 38.8. The molecule has 0 amide bonds. The first kappa shape index (κ1) is 87.0. The number of pyridine rings is 5. The molecule has 25 rings (SSSR count). The van der Waals surface area contributed by atoms with Gasteiger partial charge in [0.1, 0.15) is 91.1 Å². The summed E-state index contributed by atoms with van der Waals surface area (Å²) in [6.45, 7) is 32.7. The highest BCUT2D eigenvalue weighted by Crippen LogP contribution is 2.48. The predicted octanol–water partition coefficient (Wildman–Crippen LogP) is 31.2. The van der Waals surface area contributed by atoms with Gasteiger partial charge in [-0.2, -0.15) is 0 Å². The molecule has 0 atom stereocenters. The standard InChI is InChI=1S/C27H26NO.3C25H22NO.C24H20NO/c1-17-10-13-22-21-14-11-18-8-6-7-9-20(18)25(21)29-26(22)24(17)23-15-12-19(16-28(23)5)27(2,3)4;1-15-9-12-21(26(4)14-15)23-17(3)13-16(2)22-20-11-10-18-7-5-6-8-19(18)24(20)27-25(22)23;1-15-9-11-21-20-12-10-18-7-5-6-8-19(18)24(20)27-25(21)23(15)22-13-16(2)17(3)14-26(22)4;1-15-11-12-26(4)21(13-15)23-17(3)14-16(2)22-20-10-9-18-7-5-6-8-19(18)24(20)27-25(22)23;1-15-14-16(2)22(20-10-6-7-13-25(20)3)24-21(15)19-12-11-17-8-4-5-9-18(17)23(19)26-24/h6-16H,1-5H3;3*5-14H,1-4H3;4-14H,1-3H3/q5*+1. The molecule has 0 aliphatic rings. The van der Waals surface area contributed by atoms with Crippen molar-refractivity contribution in [3.63, 3.8) is 0 Å². The third-order valence-electron chi connectivity index (χ3n) is 28.2. The van der Waals surface area contributed by atoms with Crippen LogP contribution in [-0.2, 0) is 40.7 Å².